The highest BCUT2D eigenvalue weighted by atomic mass is 79.9. The van der Waals surface area contributed by atoms with Gasteiger partial charge in [-0.05, 0) is 41.0 Å². The van der Waals surface area contributed by atoms with Crippen LogP contribution in [0.2, 0.25) is 0 Å². The summed E-state index contributed by atoms with van der Waals surface area (Å²) in [7, 11) is 0. The first-order valence-corrected chi connectivity index (χ1v) is 7.12. The van der Waals surface area contributed by atoms with Crippen molar-refractivity contribution in [3.05, 3.63) is 69.4 Å². The monoisotopic (exact) mass is 352 g/mol. The van der Waals surface area contributed by atoms with Crippen LogP contribution in [0.5, 0.6) is 0 Å². The molecule has 0 aliphatic carbocycles. The van der Waals surface area contributed by atoms with E-state index in [9.17, 15) is 14.3 Å². The summed E-state index contributed by atoms with van der Waals surface area (Å²) in [4.78, 5) is 11.0. The van der Waals surface area contributed by atoms with Crippen LogP contribution < -0.4 is 0 Å². The quantitative estimate of drug-likeness (QED) is 0.852. The summed E-state index contributed by atoms with van der Waals surface area (Å²) in [5, 5.41) is 10.4. The standard InChI is InChI=1S/C16H14BrFO3/c1-10(19)21-9-12-8-13(17)4-7-15(12)16(20)11-2-5-14(18)6-3-11/h2-8,16,20H,9H2,1H3. The molecule has 2 aromatic rings. The lowest BCUT2D eigenvalue weighted by Gasteiger charge is -2.16. The maximum Gasteiger partial charge on any atom is 0.302 e. The number of ether oxygens (including phenoxy) is 1. The van der Waals surface area contributed by atoms with Gasteiger partial charge in [-0.15, -0.1) is 0 Å². The molecule has 21 heavy (non-hydrogen) atoms. The molecule has 0 aliphatic heterocycles. The third-order valence-corrected chi connectivity index (χ3v) is 3.51. The lowest BCUT2D eigenvalue weighted by molar-refractivity contribution is -0.142. The smallest absolute Gasteiger partial charge is 0.302 e. The topological polar surface area (TPSA) is 46.5 Å². The highest BCUT2D eigenvalue weighted by Gasteiger charge is 2.16. The second kappa shape index (κ2) is 6.83. The van der Waals surface area contributed by atoms with Gasteiger partial charge in [-0.1, -0.05) is 34.1 Å². The first kappa shape index (κ1) is 15.7. The van der Waals surface area contributed by atoms with Crippen LogP contribution in [0.1, 0.15) is 29.7 Å². The summed E-state index contributed by atoms with van der Waals surface area (Å²) in [6.07, 6.45) is -0.913. The van der Waals surface area contributed by atoms with Crippen molar-refractivity contribution in [3.63, 3.8) is 0 Å². The third kappa shape index (κ3) is 4.12. The van der Waals surface area contributed by atoms with Crippen LogP contribution in [-0.2, 0) is 16.1 Å². The minimum absolute atomic E-state index is 0.0718. The van der Waals surface area contributed by atoms with Gasteiger partial charge in [-0.3, -0.25) is 4.79 Å². The molecule has 0 fully saturated rings. The molecule has 0 radical (unpaired) electrons. The van der Waals surface area contributed by atoms with E-state index in [1.54, 1.807) is 18.2 Å². The van der Waals surface area contributed by atoms with Gasteiger partial charge in [0.25, 0.3) is 0 Å². The summed E-state index contributed by atoms with van der Waals surface area (Å²) < 4.78 is 18.8. The van der Waals surface area contributed by atoms with Gasteiger partial charge in [0.1, 0.15) is 18.5 Å². The normalized spacial score (nSPS) is 12.0. The van der Waals surface area contributed by atoms with Crippen molar-refractivity contribution in [1.29, 1.82) is 0 Å². The number of carbonyl (C=O) groups is 1. The summed E-state index contributed by atoms with van der Waals surface area (Å²) >= 11 is 3.35. The number of rotatable bonds is 4. The van der Waals surface area contributed by atoms with Gasteiger partial charge < -0.3 is 9.84 Å². The molecule has 2 aromatic carbocycles. The van der Waals surface area contributed by atoms with Crippen molar-refractivity contribution in [2.24, 2.45) is 0 Å². The molecule has 0 aromatic heterocycles. The van der Waals surface area contributed by atoms with E-state index in [1.807, 2.05) is 0 Å². The zero-order chi connectivity index (χ0) is 15.4. The fraction of sp³-hybridized carbons (Fsp3) is 0.188. The maximum absolute atomic E-state index is 12.9. The number of esters is 1. The fourth-order valence-corrected chi connectivity index (χ4v) is 2.38. The molecule has 2 rings (SSSR count). The van der Waals surface area contributed by atoms with Gasteiger partial charge >= 0.3 is 5.97 Å². The highest BCUT2D eigenvalue weighted by molar-refractivity contribution is 9.10. The van der Waals surface area contributed by atoms with E-state index in [1.165, 1.54) is 31.2 Å². The first-order chi connectivity index (χ1) is 9.97. The largest absolute Gasteiger partial charge is 0.461 e. The van der Waals surface area contributed by atoms with Gasteiger partial charge in [0.05, 0.1) is 0 Å². The van der Waals surface area contributed by atoms with Crippen molar-refractivity contribution in [2.75, 3.05) is 0 Å². The first-order valence-electron chi connectivity index (χ1n) is 6.32. The van der Waals surface area contributed by atoms with E-state index in [0.717, 1.165) is 4.47 Å². The lowest BCUT2D eigenvalue weighted by atomic mass is 9.97. The van der Waals surface area contributed by atoms with Crippen LogP contribution in [-0.4, -0.2) is 11.1 Å². The summed E-state index contributed by atoms with van der Waals surface area (Å²) in [6, 6.07) is 11.0. The van der Waals surface area contributed by atoms with Gasteiger partial charge in [0.15, 0.2) is 0 Å². The molecule has 5 heteroatoms. The number of hydrogen-bond acceptors (Lipinski definition) is 3. The molecule has 0 saturated heterocycles. The Kier molecular flexibility index (Phi) is 5.09. The van der Waals surface area contributed by atoms with Crippen LogP contribution in [0.15, 0.2) is 46.9 Å². The number of aliphatic hydroxyl groups is 1. The average Bonchev–Trinajstić information content (AvgIpc) is 2.45. The van der Waals surface area contributed by atoms with E-state index in [2.05, 4.69) is 15.9 Å². The van der Waals surface area contributed by atoms with Crippen molar-refractivity contribution < 1.29 is 19.0 Å². The van der Waals surface area contributed by atoms with E-state index in [4.69, 9.17) is 4.74 Å². The Morgan fingerprint density at radius 3 is 2.57 bits per heavy atom. The molecular weight excluding hydrogens is 339 g/mol. The molecular formula is C16H14BrFO3. The second-order valence-corrected chi connectivity index (χ2v) is 5.49. The molecule has 0 amide bonds. The second-order valence-electron chi connectivity index (χ2n) is 4.58. The Labute approximate surface area is 130 Å². The molecule has 1 unspecified atom stereocenters. The fourth-order valence-electron chi connectivity index (χ4n) is 1.97. The van der Waals surface area contributed by atoms with E-state index < -0.39 is 12.1 Å². The lowest BCUT2D eigenvalue weighted by Crippen LogP contribution is -2.07. The number of halogens is 2. The van der Waals surface area contributed by atoms with Crippen LogP contribution in [0.25, 0.3) is 0 Å². The number of hydrogen-bond donors (Lipinski definition) is 1. The Balaban J connectivity index is 2.33. The van der Waals surface area contributed by atoms with E-state index in [0.29, 0.717) is 16.7 Å². The average molecular weight is 353 g/mol. The Bertz CT molecular complexity index is 640. The number of aliphatic hydroxyl groups excluding tert-OH is 1. The zero-order valence-electron chi connectivity index (χ0n) is 11.3. The van der Waals surface area contributed by atoms with Gasteiger partial charge in [0.2, 0.25) is 0 Å². The highest BCUT2D eigenvalue weighted by Crippen LogP contribution is 2.28. The minimum atomic E-state index is -0.913. The van der Waals surface area contributed by atoms with Gasteiger partial charge in [-0.25, -0.2) is 4.39 Å². The molecule has 0 aliphatic rings. The van der Waals surface area contributed by atoms with Crippen LogP contribution in [0.4, 0.5) is 4.39 Å². The van der Waals surface area contributed by atoms with Crippen LogP contribution in [0, 0.1) is 5.82 Å². The molecule has 110 valence electrons. The summed E-state index contributed by atoms with van der Waals surface area (Å²) in [5.74, 6) is -0.751. The molecule has 0 spiro atoms. The van der Waals surface area contributed by atoms with Crippen molar-refractivity contribution in [3.8, 4) is 0 Å². The summed E-state index contributed by atoms with van der Waals surface area (Å²) in [6.45, 7) is 1.40. The molecule has 0 heterocycles. The molecule has 1 atom stereocenters. The van der Waals surface area contributed by atoms with E-state index >= 15 is 0 Å². The van der Waals surface area contributed by atoms with Gasteiger partial charge in [-0.2, -0.15) is 0 Å². The Morgan fingerprint density at radius 2 is 1.95 bits per heavy atom. The van der Waals surface area contributed by atoms with E-state index in [-0.39, 0.29) is 12.4 Å². The summed E-state index contributed by atoms with van der Waals surface area (Å²) in [5.41, 5.74) is 1.88. The molecule has 0 saturated carbocycles. The Hall–Kier alpha value is -1.72. The Morgan fingerprint density at radius 1 is 1.29 bits per heavy atom. The predicted molar refractivity (Wildman–Crippen MR) is 80.1 cm³/mol. The maximum atomic E-state index is 12.9. The van der Waals surface area contributed by atoms with Crippen molar-refractivity contribution >= 4 is 21.9 Å². The number of carbonyl (C=O) groups excluding carboxylic acids is 1. The zero-order valence-corrected chi connectivity index (χ0v) is 12.9. The molecule has 3 nitrogen and oxygen atoms in total. The van der Waals surface area contributed by atoms with Crippen molar-refractivity contribution in [2.45, 2.75) is 19.6 Å². The molecule has 0 bridgehead atoms. The van der Waals surface area contributed by atoms with Gasteiger partial charge in [0, 0.05) is 11.4 Å². The SMILES string of the molecule is CC(=O)OCc1cc(Br)ccc1C(O)c1ccc(F)cc1. The number of benzene rings is 2. The minimum Gasteiger partial charge on any atom is -0.461 e. The predicted octanol–water partition coefficient (Wildman–Crippen LogP) is 3.73. The third-order valence-electron chi connectivity index (χ3n) is 3.02. The van der Waals surface area contributed by atoms with Crippen molar-refractivity contribution in [1.82, 2.24) is 0 Å². The van der Waals surface area contributed by atoms with Crippen LogP contribution >= 0.6 is 15.9 Å². The van der Waals surface area contributed by atoms with Crippen LogP contribution in [0.3, 0.4) is 0 Å². The molecule has 1 N–H and O–H groups in total.